The van der Waals surface area contributed by atoms with Crippen LogP contribution in [0.1, 0.15) is 28.2 Å². The summed E-state index contributed by atoms with van der Waals surface area (Å²) in [6.45, 7) is 4.12. The summed E-state index contributed by atoms with van der Waals surface area (Å²) in [6, 6.07) is 5.77. The van der Waals surface area contributed by atoms with E-state index in [0.29, 0.717) is 12.3 Å². The smallest absolute Gasteiger partial charge is 0.305 e. The van der Waals surface area contributed by atoms with Crippen molar-refractivity contribution in [2.45, 2.75) is 26.3 Å². The number of aromatic nitrogens is 2. The molecule has 1 aliphatic rings. The Labute approximate surface area is 155 Å². The number of amides is 1. The maximum Gasteiger partial charge on any atom is 0.305 e. The first-order chi connectivity index (χ1) is 12.4. The van der Waals surface area contributed by atoms with Gasteiger partial charge >= 0.3 is 5.97 Å². The molecule has 1 aliphatic heterocycles. The summed E-state index contributed by atoms with van der Waals surface area (Å²) in [5.74, 6) is -0.501. The van der Waals surface area contributed by atoms with E-state index in [-0.39, 0.29) is 29.6 Å². The fourth-order valence-corrected chi connectivity index (χ4v) is 4.21. The number of carbonyl (C=O) groups excluding carboxylic acids is 1. The van der Waals surface area contributed by atoms with Gasteiger partial charge in [0.15, 0.2) is 0 Å². The summed E-state index contributed by atoms with van der Waals surface area (Å²) >= 11 is 1.63. The molecule has 0 saturated carbocycles. The average Bonchev–Trinajstić information content (AvgIpc) is 2.92. The molecule has 138 valence electrons. The van der Waals surface area contributed by atoms with Crippen molar-refractivity contribution in [1.29, 1.82) is 0 Å². The lowest BCUT2D eigenvalue weighted by Crippen LogP contribution is -2.47. The highest BCUT2D eigenvalue weighted by atomic mass is 32.2. The van der Waals surface area contributed by atoms with Crippen LogP contribution in [0.15, 0.2) is 24.3 Å². The van der Waals surface area contributed by atoms with Crippen molar-refractivity contribution in [2.75, 3.05) is 18.1 Å². The van der Waals surface area contributed by atoms with Crippen molar-refractivity contribution >= 4 is 23.6 Å². The first-order valence-corrected chi connectivity index (χ1v) is 9.46. The molecule has 1 N–H and O–H groups in total. The van der Waals surface area contributed by atoms with E-state index in [0.717, 1.165) is 17.1 Å². The average molecular weight is 377 g/mol. The molecule has 1 aromatic heterocycles. The van der Waals surface area contributed by atoms with Gasteiger partial charge in [0.05, 0.1) is 18.2 Å². The number of thioether (sulfide) groups is 1. The molecule has 0 radical (unpaired) electrons. The molecule has 2 heterocycles. The number of hydrogen-bond acceptors (Lipinski definition) is 4. The van der Waals surface area contributed by atoms with Gasteiger partial charge in [0.2, 0.25) is 0 Å². The molecule has 1 fully saturated rings. The molecule has 0 bridgehead atoms. The first-order valence-electron chi connectivity index (χ1n) is 8.30. The van der Waals surface area contributed by atoms with Crippen molar-refractivity contribution in [2.24, 2.45) is 0 Å². The molecule has 0 spiro atoms. The van der Waals surface area contributed by atoms with Gasteiger partial charge in [-0.2, -0.15) is 16.9 Å². The van der Waals surface area contributed by atoms with E-state index in [1.165, 1.54) is 16.8 Å². The lowest BCUT2D eigenvalue weighted by molar-refractivity contribution is -0.138. The molecule has 26 heavy (non-hydrogen) atoms. The van der Waals surface area contributed by atoms with Gasteiger partial charge in [-0.3, -0.25) is 9.59 Å². The second-order valence-electron chi connectivity index (χ2n) is 6.33. The third-order valence-electron chi connectivity index (χ3n) is 4.33. The van der Waals surface area contributed by atoms with Crippen LogP contribution in [0, 0.1) is 19.7 Å². The molecule has 1 saturated heterocycles. The van der Waals surface area contributed by atoms with Gasteiger partial charge in [0, 0.05) is 29.3 Å². The van der Waals surface area contributed by atoms with Crippen LogP contribution in [0.25, 0.3) is 5.69 Å². The molecule has 3 rings (SSSR count). The number of carboxylic acid groups (broad SMARTS) is 1. The molecule has 8 heteroatoms. The van der Waals surface area contributed by atoms with Crippen molar-refractivity contribution in [1.82, 2.24) is 14.7 Å². The monoisotopic (exact) mass is 377 g/mol. The van der Waals surface area contributed by atoms with Crippen LogP contribution in [-0.2, 0) is 4.79 Å². The summed E-state index contributed by atoms with van der Waals surface area (Å²) in [7, 11) is 0. The second kappa shape index (κ2) is 7.49. The van der Waals surface area contributed by atoms with E-state index < -0.39 is 11.8 Å². The summed E-state index contributed by atoms with van der Waals surface area (Å²) in [4.78, 5) is 25.4. The van der Waals surface area contributed by atoms with Gasteiger partial charge in [-0.05, 0) is 38.1 Å². The number of hydrogen-bond donors (Lipinski definition) is 1. The van der Waals surface area contributed by atoms with Crippen LogP contribution < -0.4 is 0 Å². The van der Waals surface area contributed by atoms with Crippen LogP contribution in [0.3, 0.4) is 0 Å². The van der Waals surface area contributed by atoms with Gasteiger partial charge < -0.3 is 10.0 Å². The van der Waals surface area contributed by atoms with E-state index in [2.05, 4.69) is 5.10 Å². The van der Waals surface area contributed by atoms with Crippen molar-refractivity contribution < 1.29 is 19.1 Å². The summed E-state index contributed by atoms with van der Waals surface area (Å²) in [5, 5.41) is 13.3. The molecule has 1 atom stereocenters. The van der Waals surface area contributed by atoms with Gasteiger partial charge in [-0.1, -0.05) is 0 Å². The Balaban J connectivity index is 1.87. The Hall–Kier alpha value is -2.35. The van der Waals surface area contributed by atoms with Gasteiger partial charge in [0.1, 0.15) is 11.5 Å². The molecular weight excluding hydrogens is 357 g/mol. The molecule has 1 amide bonds. The second-order valence-corrected chi connectivity index (χ2v) is 7.48. The summed E-state index contributed by atoms with van der Waals surface area (Å²) in [6.07, 6.45) is -0.106. The normalized spacial score (nSPS) is 17.3. The minimum Gasteiger partial charge on any atom is -0.481 e. The van der Waals surface area contributed by atoms with E-state index in [4.69, 9.17) is 5.11 Å². The van der Waals surface area contributed by atoms with Crippen LogP contribution in [0.2, 0.25) is 0 Å². The van der Waals surface area contributed by atoms with Crippen molar-refractivity contribution in [3.05, 3.63) is 47.0 Å². The van der Waals surface area contributed by atoms with Crippen molar-refractivity contribution in [3.8, 4) is 5.69 Å². The Bertz CT molecular complexity index is 852. The number of nitrogens with zero attached hydrogens (tertiary/aromatic N) is 3. The van der Waals surface area contributed by atoms with E-state index in [1.54, 1.807) is 22.7 Å². The number of carboxylic acids is 1. The molecule has 1 unspecified atom stereocenters. The maximum absolute atomic E-state index is 14.6. The third kappa shape index (κ3) is 3.75. The molecule has 2 aromatic rings. The minimum absolute atomic E-state index is 0.106. The van der Waals surface area contributed by atoms with E-state index >= 15 is 0 Å². The molecule has 0 aliphatic carbocycles. The zero-order valence-electron chi connectivity index (χ0n) is 14.6. The highest BCUT2D eigenvalue weighted by Gasteiger charge is 2.30. The number of rotatable bonds is 4. The lowest BCUT2D eigenvalue weighted by Gasteiger charge is -2.34. The predicted octanol–water partition coefficient (Wildman–Crippen LogP) is 2.66. The number of aliphatic carboxylic acids is 1. The van der Waals surface area contributed by atoms with Crippen LogP contribution in [0.5, 0.6) is 0 Å². The third-order valence-corrected chi connectivity index (χ3v) is 5.42. The highest BCUT2D eigenvalue weighted by Crippen LogP contribution is 2.23. The van der Waals surface area contributed by atoms with Gasteiger partial charge in [-0.15, -0.1) is 0 Å². The Morgan fingerprint density at radius 2 is 2.12 bits per heavy atom. The summed E-state index contributed by atoms with van der Waals surface area (Å²) in [5.41, 5.74) is 2.08. The number of carbonyl (C=O) groups is 2. The Morgan fingerprint density at radius 3 is 2.73 bits per heavy atom. The largest absolute Gasteiger partial charge is 0.481 e. The quantitative estimate of drug-likeness (QED) is 0.887. The molecular formula is C18H20FN3O3S. The van der Waals surface area contributed by atoms with E-state index in [9.17, 15) is 14.0 Å². The van der Waals surface area contributed by atoms with Crippen LogP contribution in [-0.4, -0.2) is 55.8 Å². The minimum atomic E-state index is -0.943. The van der Waals surface area contributed by atoms with Gasteiger partial charge in [-0.25, -0.2) is 9.07 Å². The number of benzene rings is 1. The maximum atomic E-state index is 14.6. The SMILES string of the molecule is Cc1cc(C)n(-c2ccc(C(=O)N3CCSCC3CC(=O)O)cc2F)n1. The van der Waals surface area contributed by atoms with E-state index in [1.807, 2.05) is 19.9 Å². The standard InChI is InChI=1S/C18H20FN3O3S/c1-11-7-12(2)22(20-11)16-4-3-13(8-15(16)19)18(25)21-5-6-26-10-14(21)9-17(23)24/h3-4,7-8,14H,5-6,9-10H2,1-2H3,(H,23,24). The van der Waals surface area contributed by atoms with Gasteiger partial charge in [0.25, 0.3) is 5.91 Å². The fraction of sp³-hybridized carbons (Fsp3) is 0.389. The van der Waals surface area contributed by atoms with Crippen LogP contribution in [0.4, 0.5) is 4.39 Å². The highest BCUT2D eigenvalue weighted by molar-refractivity contribution is 7.99. The summed E-state index contributed by atoms with van der Waals surface area (Å²) < 4.78 is 16.1. The molecule has 6 nitrogen and oxygen atoms in total. The predicted molar refractivity (Wildman–Crippen MR) is 97.4 cm³/mol. The number of aryl methyl sites for hydroxylation is 2. The zero-order chi connectivity index (χ0) is 18.8. The number of halogens is 1. The fourth-order valence-electron chi connectivity index (χ4n) is 3.14. The van der Waals surface area contributed by atoms with Crippen molar-refractivity contribution in [3.63, 3.8) is 0 Å². The first kappa shape index (κ1) is 18.4. The molecule has 1 aromatic carbocycles. The zero-order valence-corrected chi connectivity index (χ0v) is 15.4. The van der Waals surface area contributed by atoms with Crippen LogP contribution >= 0.6 is 11.8 Å². The Morgan fingerprint density at radius 1 is 1.35 bits per heavy atom. The topological polar surface area (TPSA) is 75.4 Å². The lowest BCUT2D eigenvalue weighted by atomic mass is 10.1. The Kier molecular flexibility index (Phi) is 5.31.